The van der Waals surface area contributed by atoms with Crippen molar-refractivity contribution in [3.05, 3.63) is 0 Å². The summed E-state index contributed by atoms with van der Waals surface area (Å²) in [6.45, 7) is 5.97. The van der Waals surface area contributed by atoms with Gasteiger partial charge in [-0.05, 0) is 5.92 Å². The number of rotatable bonds is 8. The Morgan fingerprint density at radius 1 is 1.17 bits per heavy atom. The van der Waals surface area contributed by atoms with Gasteiger partial charge in [-0.2, -0.15) is 0 Å². The number of halogens is 1. The van der Waals surface area contributed by atoms with E-state index in [0.29, 0.717) is 13.0 Å². The lowest BCUT2D eigenvalue weighted by molar-refractivity contribution is -0.125. The van der Waals surface area contributed by atoms with Crippen LogP contribution < -0.4 is 10.6 Å². The van der Waals surface area contributed by atoms with Crippen molar-refractivity contribution < 1.29 is 14.4 Å². The number of hydrogen-bond donors (Lipinski definition) is 2. The topological polar surface area (TPSA) is 75.3 Å². The predicted molar refractivity (Wildman–Crippen MR) is 78.3 cm³/mol. The highest BCUT2D eigenvalue weighted by atomic mass is 127. The van der Waals surface area contributed by atoms with Crippen molar-refractivity contribution >= 4 is 38.2 Å². The normalized spacial score (nSPS) is 13.6. The van der Waals surface area contributed by atoms with Gasteiger partial charge in [0.05, 0.1) is 0 Å². The predicted octanol–water partition coefficient (Wildman–Crippen LogP) is 1.40. The van der Waals surface area contributed by atoms with Gasteiger partial charge in [0.1, 0.15) is 6.04 Å². The Morgan fingerprint density at radius 2 is 1.78 bits per heavy atom. The first-order chi connectivity index (χ1) is 8.42. The molecule has 0 heterocycles. The SMILES string of the molecule is CCC(=O)NCCC(=O)N[C@H](C(=O)I)[C@@H](C)CC. The zero-order valence-electron chi connectivity index (χ0n) is 11.1. The van der Waals surface area contributed by atoms with Crippen LogP contribution in [0.5, 0.6) is 0 Å². The number of carbonyl (C=O) groups excluding carboxylic acids is 3. The molecule has 0 radical (unpaired) electrons. The van der Waals surface area contributed by atoms with E-state index in [0.717, 1.165) is 6.42 Å². The Labute approximate surface area is 122 Å². The number of nitrogens with one attached hydrogen (secondary N) is 2. The van der Waals surface area contributed by atoms with Crippen molar-refractivity contribution in [3.63, 3.8) is 0 Å². The average Bonchev–Trinajstić information content (AvgIpc) is 2.34. The molecule has 104 valence electrons. The van der Waals surface area contributed by atoms with Crippen LogP contribution in [0.1, 0.15) is 40.0 Å². The quantitative estimate of drug-likeness (QED) is 0.502. The van der Waals surface area contributed by atoms with E-state index in [2.05, 4.69) is 10.6 Å². The first-order valence-corrected chi connectivity index (χ1v) is 7.25. The van der Waals surface area contributed by atoms with Gasteiger partial charge < -0.3 is 10.6 Å². The van der Waals surface area contributed by atoms with E-state index in [1.807, 2.05) is 13.8 Å². The largest absolute Gasteiger partial charge is 0.356 e. The summed E-state index contributed by atoms with van der Waals surface area (Å²) in [6.07, 6.45) is 1.43. The molecule has 2 N–H and O–H groups in total. The molecule has 0 aromatic heterocycles. The monoisotopic (exact) mass is 368 g/mol. The molecule has 0 spiro atoms. The molecule has 2 atom stereocenters. The van der Waals surface area contributed by atoms with Gasteiger partial charge in [-0.3, -0.25) is 14.4 Å². The van der Waals surface area contributed by atoms with Crippen LogP contribution >= 0.6 is 22.6 Å². The summed E-state index contributed by atoms with van der Waals surface area (Å²) in [4.78, 5) is 34.0. The second-order valence-corrected chi connectivity index (χ2v) is 5.25. The Bertz CT molecular complexity index is 308. The van der Waals surface area contributed by atoms with Crippen LogP contribution in [0.25, 0.3) is 0 Å². The lowest BCUT2D eigenvalue weighted by atomic mass is 10.0. The third kappa shape index (κ3) is 6.93. The maximum absolute atomic E-state index is 11.6. The molecular formula is C12H21IN2O3. The molecule has 0 aromatic carbocycles. The van der Waals surface area contributed by atoms with Crippen molar-refractivity contribution in [2.75, 3.05) is 6.54 Å². The minimum Gasteiger partial charge on any atom is -0.356 e. The van der Waals surface area contributed by atoms with Crippen LogP contribution in [0, 0.1) is 5.92 Å². The zero-order chi connectivity index (χ0) is 14.1. The maximum atomic E-state index is 11.6. The first-order valence-electron chi connectivity index (χ1n) is 6.17. The van der Waals surface area contributed by atoms with Crippen molar-refractivity contribution in [2.24, 2.45) is 5.92 Å². The van der Waals surface area contributed by atoms with Gasteiger partial charge in [0, 0.05) is 42.0 Å². The molecule has 0 saturated carbocycles. The van der Waals surface area contributed by atoms with Crippen molar-refractivity contribution in [2.45, 2.75) is 46.1 Å². The molecule has 0 rings (SSSR count). The van der Waals surface area contributed by atoms with E-state index in [-0.39, 0.29) is 27.9 Å². The molecule has 0 aliphatic carbocycles. The molecule has 0 aromatic rings. The van der Waals surface area contributed by atoms with Crippen LogP contribution in [-0.4, -0.2) is 28.2 Å². The van der Waals surface area contributed by atoms with E-state index >= 15 is 0 Å². The van der Waals surface area contributed by atoms with Gasteiger partial charge in [0.2, 0.25) is 15.6 Å². The summed E-state index contributed by atoms with van der Waals surface area (Å²) >= 11 is 1.71. The fraction of sp³-hybridized carbons (Fsp3) is 0.750. The second kappa shape index (κ2) is 9.29. The maximum Gasteiger partial charge on any atom is 0.222 e. The number of hydrogen-bond acceptors (Lipinski definition) is 3. The third-order valence-corrected chi connectivity index (χ3v) is 3.44. The molecule has 18 heavy (non-hydrogen) atoms. The molecule has 0 fully saturated rings. The van der Waals surface area contributed by atoms with E-state index in [9.17, 15) is 14.4 Å². The minimum atomic E-state index is -0.440. The summed E-state index contributed by atoms with van der Waals surface area (Å²) < 4.78 is -0.0621. The Morgan fingerprint density at radius 3 is 2.22 bits per heavy atom. The lowest BCUT2D eigenvalue weighted by Crippen LogP contribution is -2.44. The Kier molecular flexibility index (Phi) is 8.95. The smallest absolute Gasteiger partial charge is 0.222 e. The van der Waals surface area contributed by atoms with Crippen LogP contribution in [0.3, 0.4) is 0 Å². The molecule has 0 aliphatic heterocycles. The molecular weight excluding hydrogens is 347 g/mol. The van der Waals surface area contributed by atoms with Gasteiger partial charge in [-0.25, -0.2) is 0 Å². The summed E-state index contributed by atoms with van der Waals surface area (Å²) in [7, 11) is 0. The molecule has 6 heteroatoms. The first kappa shape index (κ1) is 17.3. The van der Waals surface area contributed by atoms with Gasteiger partial charge in [0.15, 0.2) is 0 Å². The minimum absolute atomic E-state index is 0.0621. The van der Waals surface area contributed by atoms with Gasteiger partial charge in [0.25, 0.3) is 0 Å². The highest BCUT2D eigenvalue weighted by Gasteiger charge is 2.23. The third-order valence-electron chi connectivity index (χ3n) is 2.77. The highest BCUT2D eigenvalue weighted by Crippen LogP contribution is 2.11. The van der Waals surface area contributed by atoms with Crippen LogP contribution in [-0.2, 0) is 14.4 Å². The summed E-state index contributed by atoms with van der Waals surface area (Å²) in [5, 5.41) is 5.33. The van der Waals surface area contributed by atoms with Crippen molar-refractivity contribution in [1.82, 2.24) is 10.6 Å². The van der Waals surface area contributed by atoms with Crippen LogP contribution in [0.4, 0.5) is 0 Å². The van der Waals surface area contributed by atoms with Crippen molar-refractivity contribution in [3.8, 4) is 0 Å². The Hall–Kier alpha value is -0.660. The molecule has 2 amide bonds. The van der Waals surface area contributed by atoms with Gasteiger partial charge in [-0.15, -0.1) is 0 Å². The molecule has 0 saturated heterocycles. The number of amides is 2. The van der Waals surface area contributed by atoms with Gasteiger partial charge >= 0.3 is 0 Å². The van der Waals surface area contributed by atoms with Crippen LogP contribution in [0.15, 0.2) is 0 Å². The lowest BCUT2D eigenvalue weighted by Gasteiger charge is -2.20. The fourth-order valence-electron chi connectivity index (χ4n) is 1.34. The van der Waals surface area contributed by atoms with Crippen LogP contribution in [0.2, 0.25) is 0 Å². The van der Waals surface area contributed by atoms with E-state index in [1.54, 1.807) is 29.5 Å². The zero-order valence-corrected chi connectivity index (χ0v) is 13.2. The summed E-state index contributed by atoms with van der Waals surface area (Å²) in [6, 6.07) is -0.440. The van der Waals surface area contributed by atoms with E-state index in [1.165, 1.54) is 0 Å². The molecule has 0 unspecified atom stereocenters. The number of carbonyl (C=O) groups is 3. The summed E-state index contributed by atoms with van der Waals surface area (Å²) in [5.74, 6) is -0.170. The van der Waals surface area contributed by atoms with Gasteiger partial charge in [-0.1, -0.05) is 27.2 Å². The summed E-state index contributed by atoms with van der Waals surface area (Å²) in [5.41, 5.74) is 0. The standard InChI is InChI=1S/C12H21IN2O3/c1-4-8(3)11(12(13)18)15-10(17)6-7-14-9(16)5-2/h8,11H,4-7H2,1-3H3,(H,14,16)(H,15,17)/t8-,11-/m0/s1. The Balaban J connectivity index is 4.11. The average molecular weight is 368 g/mol. The molecule has 5 nitrogen and oxygen atoms in total. The fourth-order valence-corrected chi connectivity index (χ4v) is 2.11. The highest BCUT2D eigenvalue weighted by molar-refractivity contribution is 14.1. The van der Waals surface area contributed by atoms with E-state index in [4.69, 9.17) is 0 Å². The van der Waals surface area contributed by atoms with E-state index < -0.39 is 6.04 Å². The second-order valence-electron chi connectivity index (χ2n) is 4.19. The molecule has 0 aliphatic rings. The molecule has 0 bridgehead atoms. The van der Waals surface area contributed by atoms with Crippen molar-refractivity contribution in [1.29, 1.82) is 0 Å².